The van der Waals surface area contributed by atoms with Crippen LogP contribution in [0.15, 0.2) is 42.5 Å². The van der Waals surface area contributed by atoms with Crippen molar-refractivity contribution in [1.82, 2.24) is 0 Å². The van der Waals surface area contributed by atoms with Gasteiger partial charge < -0.3 is 10.6 Å². The van der Waals surface area contributed by atoms with Gasteiger partial charge in [0.1, 0.15) is 0 Å². The molecular formula is C15H20N2S. The maximum absolute atomic E-state index is 5.96. The van der Waals surface area contributed by atoms with Crippen LogP contribution in [0.1, 0.15) is 22.7 Å². The molecule has 1 aromatic heterocycles. The third-order valence-electron chi connectivity index (χ3n) is 3.21. The van der Waals surface area contributed by atoms with E-state index < -0.39 is 0 Å². The average molecular weight is 260 g/mol. The van der Waals surface area contributed by atoms with Gasteiger partial charge in [-0.3, -0.25) is 0 Å². The lowest BCUT2D eigenvalue weighted by molar-refractivity contribution is 0.692. The molecule has 1 atom stereocenters. The van der Waals surface area contributed by atoms with Crippen LogP contribution in [0.3, 0.4) is 0 Å². The molecular weight excluding hydrogens is 240 g/mol. The molecule has 2 nitrogen and oxygen atoms in total. The number of para-hydroxylation sites is 1. The van der Waals surface area contributed by atoms with Gasteiger partial charge in [0.25, 0.3) is 0 Å². The first kappa shape index (κ1) is 13.1. The van der Waals surface area contributed by atoms with E-state index in [2.05, 4.69) is 55.3 Å². The first-order valence-electron chi connectivity index (χ1n) is 6.32. The van der Waals surface area contributed by atoms with Crippen LogP contribution in [0, 0.1) is 0 Å². The summed E-state index contributed by atoms with van der Waals surface area (Å²) in [5.41, 5.74) is 7.17. The first-order valence-corrected chi connectivity index (χ1v) is 7.14. The van der Waals surface area contributed by atoms with Crippen molar-refractivity contribution in [2.24, 2.45) is 5.73 Å². The number of nitrogens with two attached hydrogens (primary N) is 1. The number of likely N-dealkylation sites (N-methyl/N-ethyl adjacent to an activating group) is 1. The van der Waals surface area contributed by atoms with Gasteiger partial charge >= 0.3 is 0 Å². The molecule has 2 rings (SSSR count). The normalized spacial score (nSPS) is 12.4. The summed E-state index contributed by atoms with van der Waals surface area (Å²) in [5.74, 6) is 0. The zero-order chi connectivity index (χ0) is 13.0. The standard InChI is InChI=1S/C15H20N2S/c1-3-13-9-10-15(18-13)14(11-16)17(2)12-7-5-4-6-8-12/h4-10,14H,3,11,16H2,1-2H3. The maximum atomic E-state index is 5.96. The molecule has 2 N–H and O–H groups in total. The van der Waals surface area contributed by atoms with Gasteiger partial charge in [0, 0.05) is 29.0 Å². The Labute approximate surface area is 113 Å². The Morgan fingerprint density at radius 3 is 2.44 bits per heavy atom. The van der Waals surface area contributed by atoms with Crippen molar-refractivity contribution in [3.05, 3.63) is 52.2 Å². The van der Waals surface area contributed by atoms with Crippen LogP contribution in [-0.2, 0) is 6.42 Å². The number of hydrogen-bond acceptors (Lipinski definition) is 3. The van der Waals surface area contributed by atoms with E-state index in [1.807, 2.05) is 17.4 Å². The molecule has 1 unspecified atom stereocenters. The minimum absolute atomic E-state index is 0.262. The summed E-state index contributed by atoms with van der Waals surface area (Å²) in [4.78, 5) is 5.02. The molecule has 1 aromatic carbocycles. The molecule has 0 spiro atoms. The van der Waals surface area contributed by atoms with Gasteiger partial charge in [-0.1, -0.05) is 25.1 Å². The van der Waals surface area contributed by atoms with Gasteiger partial charge in [0.05, 0.1) is 6.04 Å². The molecule has 2 aromatic rings. The quantitative estimate of drug-likeness (QED) is 0.892. The van der Waals surface area contributed by atoms with E-state index in [9.17, 15) is 0 Å². The molecule has 0 saturated heterocycles. The molecule has 0 aliphatic carbocycles. The van der Waals surface area contributed by atoms with Crippen molar-refractivity contribution in [2.45, 2.75) is 19.4 Å². The summed E-state index contributed by atoms with van der Waals surface area (Å²) in [7, 11) is 2.11. The highest BCUT2D eigenvalue weighted by molar-refractivity contribution is 7.12. The Balaban J connectivity index is 2.23. The fourth-order valence-corrected chi connectivity index (χ4v) is 3.18. The lowest BCUT2D eigenvalue weighted by Gasteiger charge is -2.28. The topological polar surface area (TPSA) is 29.3 Å². The fourth-order valence-electron chi connectivity index (χ4n) is 2.07. The number of rotatable bonds is 5. The van der Waals surface area contributed by atoms with Crippen molar-refractivity contribution in [2.75, 3.05) is 18.5 Å². The van der Waals surface area contributed by atoms with Gasteiger partial charge in [-0.2, -0.15) is 0 Å². The second kappa shape index (κ2) is 6.03. The van der Waals surface area contributed by atoms with Gasteiger partial charge in [0.2, 0.25) is 0 Å². The number of anilines is 1. The number of aryl methyl sites for hydroxylation is 1. The summed E-state index contributed by atoms with van der Waals surface area (Å²) >= 11 is 1.87. The third-order valence-corrected chi connectivity index (χ3v) is 4.54. The van der Waals surface area contributed by atoms with Crippen LogP contribution in [-0.4, -0.2) is 13.6 Å². The van der Waals surface area contributed by atoms with Crippen LogP contribution in [0.5, 0.6) is 0 Å². The SMILES string of the molecule is CCc1ccc(C(CN)N(C)c2ccccc2)s1. The Morgan fingerprint density at radius 2 is 1.89 bits per heavy atom. The molecule has 0 bridgehead atoms. The summed E-state index contributed by atoms with van der Waals surface area (Å²) in [6.45, 7) is 2.82. The maximum Gasteiger partial charge on any atom is 0.0753 e. The monoisotopic (exact) mass is 260 g/mol. The minimum Gasteiger partial charge on any atom is -0.365 e. The highest BCUT2D eigenvalue weighted by Crippen LogP contribution is 2.29. The van der Waals surface area contributed by atoms with Gasteiger partial charge in [-0.25, -0.2) is 0 Å². The lowest BCUT2D eigenvalue weighted by atomic mass is 10.2. The molecule has 1 heterocycles. The predicted octanol–water partition coefficient (Wildman–Crippen LogP) is 3.45. The number of hydrogen-bond donors (Lipinski definition) is 1. The average Bonchev–Trinajstić information content (AvgIpc) is 2.89. The van der Waals surface area contributed by atoms with E-state index in [1.54, 1.807) is 0 Å². The fraction of sp³-hybridized carbons (Fsp3) is 0.333. The van der Waals surface area contributed by atoms with Crippen LogP contribution in [0.25, 0.3) is 0 Å². The number of thiophene rings is 1. The Bertz CT molecular complexity index is 478. The van der Waals surface area contributed by atoms with E-state index in [0.29, 0.717) is 6.54 Å². The van der Waals surface area contributed by atoms with Crippen LogP contribution < -0.4 is 10.6 Å². The van der Waals surface area contributed by atoms with Crippen molar-refractivity contribution in [3.8, 4) is 0 Å². The van der Waals surface area contributed by atoms with Crippen LogP contribution in [0.2, 0.25) is 0 Å². The molecule has 0 radical (unpaired) electrons. The third kappa shape index (κ3) is 2.74. The van der Waals surface area contributed by atoms with E-state index in [0.717, 1.165) is 6.42 Å². The minimum atomic E-state index is 0.262. The van der Waals surface area contributed by atoms with Crippen molar-refractivity contribution in [1.29, 1.82) is 0 Å². The number of benzene rings is 1. The summed E-state index contributed by atoms with van der Waals surface area (Å²) in [6, 6.07) is 15.1. The largest absolute Gasteiger partial charge is 0.365 e. The lowest BCUT2D eigenvalue weighted by Crippen LogP contribution is -2.29. The van der Waals surface area contributed by atoms with E-state index in [1.165, 1.54) is 15.4 Å². The second-order valence-corrected chi connectivity index (χ2v) is 5.56. The summed E-state index contributed by atoms with van der Waals surface area (Å²) in [6.07, 6.45) is 1.09. The van der Waals surface area contributed by atoms with E-state index >= 15 is 0 Å². The van der Waals surface area contributed by atoms with E-state index in [-0.39, 0.29) is 6.04 Å². The molecule has 3 heteroatoms. The molecule has 96 valence electrons. The zero-order valence-electron chi connectivity index (χ0n) is 11.0. The van der Waals surface area contributed by atoms with Gasteiger partial charge in [-0.15, -0.1) is 11.3 Å². The van der Waals surface area contributed by atoms with Crippen molar-refractivity contribution in [3.63, 3.8) is 0 Å². The summed E-state index contributed by atoms with van der Waals surface area (Å²) < 4.78 is 0. The molecule has 18 heavy (non-hydrogen) atoms. The molecule has 0 aliphatic heterocycles. The van der Waals surface area contributed by atoms with Crippen LogP contribution in [0.4, 0.5) is 5.69 Å². The van der Waals surface area contributed by atoms with Crippen molar-refractivity contribution < 1.29 is 0 Å². The van der Waals surface area contributed by atoms with E-state index in [4.69, 9.17) is 5.73 Å². The molecule has 0 fully saturated rings. The Kier molecular flexibility index (Phi) is 4.39. The smallest absolute Gasteiger partial charge is 0.0753 e. The molecule has 0 amide bonds. The van der Waals surface area contributed by atoms with Gasteiger partial charge in [0.15, 0.2) is 0 Å². The first-order chi connectivity index (χ1) is 8.76. The molecule has 0 aliphatic rings. The second-order valence-electron chi connectivity index (χ2n) is 4.36. The highest BCUT2D eigenvalue weighted by Gasteiger charge is 2.17. The van der Waals surface area contributed by atoms with Crippen LogP contribution >= 0.6 is 11.3 Å². The summed E-state index contributed by atoms with van der Waals surface area (Å²) in [5, 5.41) is 0. The van der Waals surface area contributed by atoms with Gasteiger partial charge in [-0.05, 0) is 30.7 Å². The Hall–Kier alpha value is -1.32. The predicted molar refractivity (Wildman–Crippen MR) is 80.3 cm³/mol. The van der Waals surface area contributed by atoms with Crippen molar-refractivity contribution >= 4 is 17.0 Å². The molecule has 0 saturated carbocycles. The zero-order valence-corrected chi connectivity index (χ0v) is 11.8. The number of nitrogens with zero attached hydrogens (tertiary/aromatic N) is 1. The Morgan fingerprint density at radius 1 is 1.17 bits per heavy atom. The highest BCUT2D eigenvalue weighted by atomic mass is 32.1.